The normalized spacial score (nSPS) is 11.4. The molecule has 0 aliphatic heterocycles. The zero-order valence-electron chi connectivity index (χ0n) is 12.5. The third-order valence-corrected chi connectivity index (χ3v) is 5.75. The van der Waals surface area contributed by atoms with E-state index < -0.39 is 0 Å². The predicted octanol–water partition coefficient (Wildman–Crippen LogP) is 6.29. The average Bonchev–Trinajstić information content (AvgIpc) is 2.54. The smallest absolute Gasteiger partial charge is 0.197 e. The molecule has 0 bridgehead atoms. The Hall–Kier alpha value is -0.400. The molecule has 0 N–H and O–H groups in total. The number of hydrogen-bond acceptors (Lipinski definition) is 1. The minimum absolute atomic E-state index is 0.0983. The summed E-state index contributed by atoms with van der Waals surface area (Å²) in [5, 5.41) is 1.55. The Morgan fingerprint density at radius 2 is 1.43 bits per heavy atom. The number of hydrogen-bond donors (Lipinski definition) is 0. The van der Waals surface area contributed by atoms with Crippen molar-refractivity contribution in [2.24, 2.45) is 0 Å². The molecule has 0 saturated heterocycles. The highest BCUT2D eigenvalue weighted by Crippen LogP contribution is 2.25. The number of unbranched alkanes of at least 4 members (excludes halogenated alkanes) is 2. The van der Waals surface area contributed by atoms with Gasteiger partial charge in [-0.05, 0) is 53.7 Å². The molecule has 0 spiro atoms. The van der Waals surface area contributed by atoms with Gasteiger partial charge in [0.1, 0.15) is 0 Å². The summed E-state index contributed by atoms with van der Waals surface area (Å²) in [7, 11) is 0. The second kappa shape index (κ2) is 7.66. The molecule has 23 heavy (non-hydrogen) atoms. The third kappa shape index (κ3) is 3.66. The summed E-state index contributed by atoms with van der Waals surface area (Å²) in [5.74, 6) is 0. The molecule has 0 amide bonds. The lowest BCUT2D eigenvalue weighted by Crippen LogP contribution is -2.12. The van der Waals surface area contributed by atoms with Crippen LogP contribution in [-0.4, -0.2) is 8.99 Å². The number of rotatable bonds is 5. The van der Waals surface area contributed by atoms with Gasteiger partial charge in [0.05, 0.1) is 11.0 Å². The van der Waals surface area contributed by atoms with E-state index in [2.05, 4.69) is 59.0 Å². The molecule has 0 unspecified atom stereocenters. The highest BCUT2D eigenvalue weighted by Gasteiger charge is 2.11. The van der Waals surface area contributed by atoms with Crippen LogP contribution in [0.2, 0.25) is 0 Å². The van der Waals surface area contributed by atoms with Gasteiger partial charge in [-0.2, -0.15) is 0 Å². The maximum atomic E-state index is 12.9. The van der Waals surface area contributed by atoms with E-state index in [-0.39, 0.29) is 5.43 Å². The fourth-order valence-electron chi connectivity index (χ4n) is 2.91. The van der Waals surface area contributed by atoms with E-state index in [1.807, 2.05) is 36.4 Å². The van der Waals surface area contributed by atoms with Crippen LogP contribution in [0.5, 0.6) is 0 Å². The predicted molar refractivity (Wildman–Crippen MR) is 114 cm³/mol. The summed E-state index contributed by atoms with van der Waals surface area (Å²) in [6.45, 7) is 0.938. The van der Waals surface area contributed by atoms with Crippen LogP contribution in [0.25, 0.3) is 21.8 Å². The molecule has 0 fully saturated rings. The highest BCUT2D eigenvalue weighted by molar-refractivity contribution is 14.1. The zero-order chi connectivity index (χ0) is 16.4. The van der Waals surface area contributed by atoms with Gasteiger partial charge in [0.25, 0.3) is 0 Å². The van der Waals surface area contributed by atoms with Crippen molar-refractivity contribution in [2.45, 2.75) is 25.8 Å². The van der Waals surface area contributed by atoms with Crippen LogP contribution in [0.15, 0.2) is 50.1 Å². The number of benzene rings is 2. The van der Waals surface area contributed by atoms with Crippen LogP contribution in [0, 0.1) is 0 Å². The summed E-state index contributed by atoms with van der Waals surface area (Å²) in [4.78, 5) is 12.9. The van der Waals surface area contributed by atoms with E-state index in [0.29, 0.717) is 0 Å². The molecule has 2 aromatic carbocycles. The van der Waals surface area contributed by atoms with Gasteiger partial charge in [-0.25, -0.2) is 0 Å². The van der Waals surface area contributed by atoms with E-state index >= 15 is 0 Å². The van der Waals surface area contributed by atoms with Gasteiger partial charge >= 0.3 is 0 Å². The van der Waals surface area contributed by atoms with Gasteiger partial charge in [-0.1, -0.05) is 60.9 Å². The van der Waals surface area contributed by atoms with Crippen LogP contribution in [0.4, 0.5) is 0 Å². The van der Waals surface area contributed by atoms with Crippen LogP contribution < -0.4 is 5.43 Å². The monoisotopic (exact) mass is 547 g/mol. The molecule has 120 valence electrons. The number of pyridine rings is 1. The summed E-state index contributed by atoms with van der Waals surface area (Å²) in [5.41, 5.74) is 2.13. The van der Waals surface area contributed by atoms with E-state index in [0.717, 1.165) is 43.7 Å². The number of aryl methyl sites for hydroxylation is 1. The molecule has 0 aliphatic rings. The lowest BCUT2D eigenvalue weighted by molar-refractivity contribution is 0.630. The van der Waals surface area contributed by atoms with Crippen molar-refractivity contribution in [1.82, 2.24) is 4.57 Å². The average molecular weight is 549 g/mol. The first-order chi connectivity index (χ1) is 11.1. The molecule has 5 heteroatoms. The summed E-state index contributed by atoms with van der Waals surface area (Å²) in [6, 6.07) is 12.0. The molecule has 3 aromatic rings. The largest absolute Gasteiger partial charge is 0.340 e. The number of aromatic nitrogens is 1. The minimum Gasteiger partial charge on any atom is -0.340 e. The van der Waals surface area contributed by atoms with Gasteiger partial charge in [0, 0.05) is 26.3 Å². The fourth-order valence-corrected chi connectivity index (χ4v) is 4.17. The number of halogens is 3. The Kier molecular flexibility index (Phi) is 5.80. The Morgan fingerprint density at radius 3 is 1.96 bits per heavy atom. The summed E-state index contributed by atoms with van der Waals surface area (Å²) >= 11 is 9.39. The Morgan fingerprint density at radius 1 is 0.870 bits per heavy atom. The molecular weight excluding hydrogens is 533 g/mol. The summed E-state index contributed by atoms with van der Waals surface area (Å²) < 4.78 is 5.36. The molecule has 1 heterocycles. The quantitative estimate of drug-likeness (QED) is 0.159. The first-order valence-corrected chi connectivity index (χ1v) is 10.7. The zero-order valence-corrected chi connectivity index (χ0v) is 17.8. The Bertz CT molecular complexity index is 854. The van der Waals surface area contributed by atoms with Gasteiger partial charge < -0.3 is 4.57 Å². The second-order valence-corrected chi connectivity index (χ2v) is 8.46. The van der Waals surface area contributed by atoms with E-state index in [4.69, 9.17) is 0 Å². The molecule has 0 saturated carbocycles. The number of alkyl halides is 1. The summed E-state index contributed by atoms with van der Waals surface area (Å²) in [6.07, 6.45) is 3.58. The van der Waals surface area contributed by atoms with Crippen molar-refractivity contribution < 1.29 is 0 Å². The fraction of sp³-hybridized carbons (Fsp3) is 0.278. The van der Waals surface area contributed by atoms with Crippen LogP contribution in [0.3, 0.4) is 0 Å². The van der Waals surface area contributed by atoms with E-state index in [9.17, 15) is 4.79 Å². The highest BCUT2D eigenvalue weighted by atomic mass is 127. The minimum atomic E-state index is 0.0983. The second-order valence-electron chi connectivity index (χ2n) is 5.55. The van der Waals surface area contributed by atoms with E-state index in [1.54, 1.807) is 0 Å². The molecule has 0 atom stereocenters. The van der Waals surface area contributed by atoms with Crippen LogP contribution in [-0.2, 0) is 6.54 Å². The molecule has 1 aromatic heterocycles. The maximum absolute atomic E-state index is 12.9. The molecular formula is C18H16Br2INO. The molecule has 3 rings (SSSR count). The molecule has 2 nitrogen and oxygen atoms in total. The maximum Gasteiger partial charge on any atom is 0.197 e. The Labute approximate surface area is 165 Å². The third-order valence-electron chi connectivity index (χ3n) is 4.00. The van der Waals surface area contributed by atoms with E-state index in [1.165, 1.54) is 17.3 Å². The van der Waals surface area contributed by atoms with Crippen molar-refractivity contribution in [1.29, 1.82) is 0 Å². The van der Waals surface area contributed by atoms with Gasteiger partial charge in [0.15, 0.2) is 5.43 Å². The topological polar surface area (TPSA) is 22.0 Å². The SMILES string of the molecule is O=c1c2cc(Br)ccc2n(CCCCCI)c2ccc(Br)cc12. The lowest BCUT2D eigenvalue weighted by Gasteiger charge is -2.15. The lowest BCUT2D eigenvalue weighted by atomic mass is 10.1. The van der Waals surface area contributed by atoms with Crippen molar-refractivity contribution in [2.75, 3.05) is 4.43 Å². The first kappa shape index (κ1) is 17.4. The van der Waals surface area contributed by atoms with Gasteiger partial charge in [0.2, 0.25) is 0 Å². The van der Waals surface area contributed by atoms with Crippen LogP contribution in [0.1, 0.15) is 19.3 Å². The molecule has 0 aliphatic carbocycles. The standard InChI is InChI=1S/C18H16Br2INO/c19-12-4-6-16-14(10-12)18(23)15-11-13(20)5-7-17(15)22(16)9-3-1-2-8-21/h4-7,10-11H,1-3,8-9H2. The van der Waals surface area contributed by atoms with Crippen molar-refractivity contribution >= 4 is 76.3 Å². The number of nitrogens with zero attached hydrogens (tertiary/aromatic N) is 1. The van der Waals surface area contributed by atoms with Gasteiger partial charge in [-0.3, -0.25) is 4.79 Å². The number of fused-ring (bicyclic) bond motifs is 2. The van der Waals surface area contributed by atoms with Gasteiger partial charge in [-0.15, -0.1) is 0 Å². The van der Waals surface area contributed by atoms with Crippen molar-refractivity contribution in [3.05, 3.63) is 55.6 Å². The molecule has 0 radical (unpaired) electrons. The van der Waals surface area contributed by atoms with Crippen LogP contribution >= 0.6 is 54.5 Å². The Balaban J connectivity index is 2.24. The van der Waals surface area contributed by atoms with Crippen molar-refractivity contribution in [3.63, 3.8) is 0 Å². The van der Waals surface area contributed by atoms with Crippen molar-refractivity contribution in [3.8, 4) is 0 Å². The first-order valence-electron chi connectivity index (χ1n) is 7.59.